The molecule has 6 nitrogen and oxygen atoms in total. The molecule has 2 N–H and O–H groups in total. The van der Waals surface area contributed by atoms with E-state index in [0.717, 1.165) is 22.3 Å². The van der Waals surface area contributed by atoms with Crippen LogP contribution in [0.2, 0.25) is 5.02 Å². The van der Waals surface area contributed by atoms with Crippen LogP contribution >= 0.6 is 22.9 Å². The van der Waals surface area contributed by atoms with E-state index in [-0.39, 0.29) is 11.1 Å². The number of benzene rings is 3. The molecule has 5 aromatic rings. The highest BCUT2D eigenvalue weighted by Crippen LogP contribution is 2.29. The van der Waals surface area contributed by atoms with Gasteiger partial charge in [-0.25, -0.2) is 9.78 Å². The Morgan fingerprint density at radius 1 is 1.03 bits per heavy atom. The van der Waals surface area contributed by atoms with Crippen molar-refractivity contribution in [2.24, 2.45) is 0 Å². The summed E-state index contributed by atoms with van der Waals surface area (Å²) in [6.45, 7) is 0.856. The van der Waals surface area contributed by atoms with Gasteiger partial charge in [0.05, 0.1) is 0 Å². The molecule has 2 aromatic heterocycles. The Morgan fingerprint density at radius 2 is 1.80 bits per heavy atom. The fourth-order valence-corrected chi connectivity index (χ4v) is 5.11. The van der Waals surface area contributed by atoms with E-state index in [2.05, 4.69) is 10.3 Å². The van der Waals surface area contributed by atoms with Gasteiger partial charge in [0.1, 0.15) is 15.9 Å². The van der Waals surface area contributed by atoms with E-state index in [0.29, 0.717) is 28.1 Å². The second-order valence-corrected chi connectivity index (χ2v) is 9.40. The number of nitrogens with zero attached hydrogens (tertiary/aromatic N) is 2. The zero-order chi connectivity index (χ0) is 24.4. The van der Waals surface area contributed by atoms with Gasteiger partial charge in [-0.3, -0.25) is 4.79 Å². The largest absolute Gasteiger partial charge is 0.477 e. The predicted molar refractivity (Wildman–Crippen MR) is 141 cm³/mol. The molecule has 2 heterocycles. The number of hydrogen-bond donors (Lipinski definition) is 2. The minimum absolute atomic E-state index is 0.140. The molecule has 174 valence electrons. The summed E-state index contributed by atoms with van der Waals surface area (Å²) < 4.78 is 1.80. The molecule has 0 spiro atoms. The smallest absolute Gasteiger partial charge is 0.341 e. The minimum Gasteiger partial charge on any atom is -0.477 e. The highest BCUT2D eigenvalue weighted by molar-refractivity contribution is 7.21. The lowest BCUT2D eigenvalue weighted by Gasteiger charge is -2.13. The van der Waals surface area contributed by atoms with Gasteiger partial charge in [0.15, 0.2) is 5.13 Å². The molecule has 0 fully saturated rings. The number of anilines is 1. The Morgan fingerprint density at radius 3 is 2.57 bits per heavy atom. The zero-order valence-corrected chi connectivity index (χ0v) is 20.0. The van der Waals surface area contributed by atoms with Crippen LogP contribution < -0.4 is 10.7 Å². The fourth-order valence-electron chi connectivity index (χ4n) is 3.97. The van der Waals surface area contributed by atoms with E-state index >= 15 is 0 Å². The number of aromatic nitrogens is 2. The quantitative estimate of drug-likeness (QED) is 0.280. The molecule has 0 bridgehead atoms. The molecule has 0 aliphatic carbocycles. The number of nitrogens with one attached hydrogen (secondary N) is 1. The summed E-state index contributed by atoms with van der Waals surface area (Å²) in [5.41, 5.74) is 3.32. The maximum absolute atomic E-state index is 12.9. The molecule has 0 saturated heterocycles. The molecule has 0 aliphatic heterocycles. The van der Waals surface area contributed by atoms with Crippen molar-refractivity contribution in [1.82, 2.24) is 9.55 Å². The minimum atomic E-state index is -1.27. The summed E-state index contributed by atoms with van der Waals surface area (Å²) in [4.78, 5) is 29.8. The topological polar surface area (TPSA) is 84.2 Å². The highest BCUT2D eigenvalue weighted by Gasteiger charge is 2.19. The van der Waals surface area contributed by atoms with Gasteiger partial charge < -0.3 is 15.0 Å². The van der Waals surface area contributed by atoms with Crippen LogP contribution in [0.15, 0.2) is 89.9 Å². The van der Waals surface area contributed by atoms with E-state index in [1.165, 1.54) is 17.5 Å². The second kappa shape index (κ2) is 9.74. The average Bonchev–Trinajstić information content (AvgIpc) is 3.30. The Balaban J connectivity index is 1.56. The number of hydrogen-bond acceptors (Lipinski definition) is 5. The van der Waals surface area contributed by atoms with Crippen LogP contribution in [0.25, 0.3) is 21.5 Å². The van der Waals surface area contributed by atoms with Gasteiger partial charge in [-0.05, 0) is 34.4 Å². The van der Waals surface area contributed by atoms with Gasteiger partial charge in [-0.2, -0.15) is 0 Å². The van der Waals surface area contributed by atoms with Gasteiger partial charge in [-0.1, -0.05) is 89.7 Å². The normalized spacial score (nSPS) is 11.0. The van der Waals surface area contributed by atoms with Crippen molar-refractivity contribution >= 4 is 44.4 Å². The van der Waals surface area contributed by atoms with Gasteiger partial charge in [0, 0.05) is 24.3 Å². The van der Waals surface area contributed by atoms with Gasteiger partial charge in [0.25, 0.3) is 0 Å². The van der Waals surface area contributed by atoms with Crippen molar-refractivity contribution in [3.63, 3.8) is 0 Å². The average molecular weight is 502 g/mol. The van der Waals surface area contributed by atoms with Crippen LogP contribution in [0.4, 0.5) is 5.13 Å². The first-order valence-corrected chi connectivity index (χ1v) is 12.1. The fraction of sp³-hybridized carbons (Fsp3) is 0.0741. The van der Waals surface area contributed by atoms with Crippen molar-refractivity contribution < 1.29 is 9.90 Å². The van der Waals surface area contributed by atoms with Crippen LogP contribution in [-0.4, -0.2) is 20.6 Å². The molecular formula is C27H20ClN3O3S. The van der Waals surface area contributed by atoms with Crippen LogP contribution in [0.1, 0.15) is 21.5 Å². The van der Waals surface area contributed by atoms with Crippen molar-refractivity contribution in [2.75, 3.05) is 5.32 Å². The third-order valence-corrected chi connectivity index (χ3v) is 6.91. The van der Waals surface area contributed by atoms with Crippen LogP contribution in [0.3, 0.4) is 0 Å². The monoisotopic (exact) mass is 501 g/mol. The molecule has 35 heavy (non-hydrogen) atoms. The van der Waals surface area contributed by atoms with Gasteiger partial charge >= 0.3 is 5.97 Å². The zero-order valence-electron chi connectivity index (χ0n) is 18.4. The van der Waals surface area contributed by atoms with E-state index in [4.69, 9.17) is 11.6 Å². The van der Waals surface area contributed by atoms with E-state index in [9.17, 15) is 14.7 Å². The maximum atomic E-state index is 12.9. The van der Waals surface area contributed by atoms with Crippen molar-refractivity contribution in [3.05, 3.63) is 117 Å². The summed E-state index contributed by atoms with van der Waals surface area (Å²) in [5, 5.41) is 14.1. The lowest BCUT2D eigenvalue weighted by molar-refractivity contribution is 0.0695. The molecule has 3 aromatic carbocycles. The van der Waals surface area contributed by atoms with Gasteiger partial charge in [0.2, 0.25) is 5.43 Å². The lowest BCUT2D eigenvalue weighted by Crippen LogP contribution is -2.19. The number of thiazole rings is 1. The number of halogens is 1. The Kier molecular flexibility index (Phi) is 6.35. The van der Waals surface area contributed by atoms with Gasteiger partial charge in [-0.15, -0.1) is 0 Å². The summed E-state index contributed by atoms with van der Waals surface area (Å²) in [7, 11) is 0. The molecule has 8 heteroatoms. The molecule has 5 rings (SSSR count). The number of carboxylic acid groups (broad SMARTS) is 1. The number of aromatic carboxylic acids is 1. The summed E-state index contributed by atoms with van der Waals surface area (Å²) >= 11 is 7.39. The number of rotatable bonds is 7. The molecule has 0 atom stereocenters. The highest BCUT2D eigenvalue weighted by atomic mass is 35.5. The Hall–Kier alpha value is -3.94. The number of carboxylic acids is 1. The van der Waals surface area contributed by atoms with E-state index in [1.807, 2.05) is 72.8 Å². The second-order valence-electron chi connectivity index (χ2n) is 7.98. The summed E-state index contributed by atoms with van der Waals surface area (Å²) in [6, 6.07) is 25.4. The van der Waals surface area contributed by atoms with Crippen molar-refractivity contribution in [3.8, 4) is 11.1 Å². The van der Waals surface area contributed by atoms with E-state index < -0.39 is 11.4 Å². The Labute approximate surface area is 210 Å². The predicted octanol–water partition coefficient (Wildman–Crippen LogP) is 6.14. The van der Waals surface area contributed by atoms with Crippen molar-refractivity contribution in [2.45, 2.75) is 13.1 Å². The third kappa shape index (κ3) is 4.82. The third-order valence-electron chi connectivity index (χ3n) is 5.62. The lowest BCUT2D eigenvalue weighted by atomic mass is 9.99. The SMILES string of the molecule is O=C(O)c1cn(Cc2ccccc2-c2ccccc2)c2sc(NCc3cccc(Cl)c3)nc2c1=O. The summed E-state index contributed by atoms with van der Waals surface area (Å²) in [6.07, 6.45) is 1.41. The number of carbonyl (C=O) groups is 1. The number of fused-ring (bicyclic) bond motifs is 1. The molecule has 0 saturated carbocycles. The Bertz CT molecular complexity index is 1590. The van der Waals surface area contributed by atoms with E-state index in [1.54, 1.807) is 10.6 Å². The number of pyridine rings is 1. The van der Waals surface area contributed by atoms with Crippen LogP contribution in [-0.2, 0) is 13.1 Å². The van der Waals surface area contributed by atoms with Crippen LogP contribution in [0, 0.1) is 0 Å². The first kappa shape index (κ1) is 22.8. The summed E-state index contributed by atoms with van der Waals surface area (Å²) in [5.74, 6) is -1.27. The van der Waals surface area contributed by atoms with Crippen molar-refractivity contribution in [1.29, 1.82) is 0 Å². The first-order chi connectivity index (χ1) is 17.0. The molecule has 0 unspecified atom stereocenters. The maximum Gasteiger partial charge on any atom is 0.341 e. The molecule has 0 radical (unpaired) electrons. The van der Waals surface area contributed by atoms with Crippen LogP contribution in [0.5, 0.6) is 0 Å². The molecule has 0 amide bonds. The standard InChI is InChI=1S/C27H20ClN3O3S/c28-20-11-6-7-17(13-20)14-29-27-30-23-24(32)22(26(33)34)16-31(25(23)35-27)15-19-10-4-5-12-21(19)18-8-2-1-3-9-18/h1-13,16H,14-15H2,(H,29,30)(H,33,34). The first-order valence-electron chi connectivity index (χ1n) is 10.9. The molecular weight excluding hydrogens is 482 g/mol. The molecule has 0 aliphatic rings.